The predicted molar refractivity (Wildman–Crippen MR) is 77.0 cm³/mol. The second kappa shape index (κ2) is 7.06. The molecule has 2 aliphatic heterocycles. The number of rotatable bonds is 4. The monoisotopic (exact) mass is 346 g/mol. The molecular weight excluding hydrogens is 324 g/mol. The highest BCUT2D eigenvalue weighted by Gasteiger charge is 2.49. The van der Waals surface area contributed by atoms with E-state index in [1.165, 1.54) is 12.3 Å². The number of fused-ring (bicyclic) bond motifs is 1. The van der Waals surface area contributed by atoms with Crippen molar-refractivity contribution >= 4 is 0 Å². The molecule has 3 aliphatic rings. The van der Waals surface area contributed by atoms with Crippen molar-refractivity contribution in [2.75, 3.05) is 13.2 Å². The molecule has 6 N–H and O–H groups in total. The van der Waals surface area contributed by atoms with Gasteiger partial charge in [-0.2, -0.15) is 0 Å². The summed E-state index contributed by atoms with van der Waals surface area (Å²) in [5, 5.41) is 58.3. The molecule has 0 unspecified atom stereocenters. The summed E-state index contributed by atoms with van der Waals surface area (Å²) in [5.74, 6) is -0.835. The van der Waals surface area contributed by atoms with Crippen LogP contribution in [0.2, 0.25) is 0 Å². The van der Waals surface area contributed by atoms with Crippen LogP contribution in [0.25, 0.3) is 0 Å². The third kappa shape index (κ3) is 2.98. The molecule has 2 heterocycles. The minimum Gasteiger partial charge on any atom is -0.472 e. The van der Waals surface area contributed by atoms with E-state index >= 15 is 0 Å². The van der Waals surface area contributed by atoms with E-state index in [-0.39, 0.29) is 12.5 Å². The topological polar surface area (TPSA) is 149 Å². The van der Waals surface area contributed by atoms with E-state index in [2.05, 4.69) is 0 Å². The minimum atomic E-state index is -1.56. The first kappa shape index (κ1) is 17.8. The molecule has 9 heteroatoms. The maximum Gasteiger partial charge on any atom is 0.209 e. The highest BCUT2D eigenvalue weighted by Crippen LogP contribution is 2.40. The summed E-state index contributed by atoms with van der Waals surface area (Å²) in [6.45, 7) is -0.854. The molecular formula is C15H22O9. The molecule has 0 aromatic heterocycles. The third-order valence-corrected chi connectivity index (χ3v) is 4.73. The lowest BCUT2D eigenvalue weighted by Gasteiger charge is -2.42. The zero-order valence-corrected chi connectivity index (χ0v) is 12.8. The Kier molecular flexibility index (Phi) is 5.23. The molecule has 0 bridgehead atoms. The molecule has 3 rings (SSSR count). The third-order valence-electron chi connectivity index (χ3n) is 4.73. The van der Waals surface area contributed by atoms with Gasteiger partial charge in [0, 0.05) is 5.92 Å². The Balaban J connectivity index is 1.75. The van der Waals surface area contributed by atoms with Crippen LogP contribution in [0.4, 0.5) is 0 Å². The van der Waals surface area contributed by atoms with E-state index in [0.717, 1.165) is 0 Å². The van der Waals surface area contributed by atoms with E-state index in [1.807, 2.05) is 0 Å². The summed E-state index contributed by atoms with van der Waals surface area (Å²) in [7, 11) is 0. The molecule has 24 heavy (non-hydrogen) atoms. The lowest BCUT2D eigenvalue weighted by molar-refractivity contribution is -0.339. The molecule has 9 atom stereocenters. The Labute approximate surface area is 138 Å². The van der Waals surface area contributed by atoms with Crippen molar-refractivity contribution in [3.05, 3.63) is 24.0 Å². The first-order chi connectivity index (χ1) is 11.5. The van der Waals surface area contributed by atoms with Gasteiger partial charge in [0.1, 0.15) is 24.4 Å². The predicted octanol–water partition coefficient (Wildman–Crippen LogP) is -2.80. The van der Waals surface area contributed by atoms with Gasteiger partial charge in [0.2, 0.25) is 6.29 Å². The largest absolute Gasteiger partial charge is 0.472 e. The number of aliphatic hydroxyl groups is 6. The summed E-state index contributed by atoms with van der Waals surface area (Å²) in [6, 6.07) is 0. The average molecular weight is 346 g/mol. The van der Waals surface area contributed by atoms with Crippen LogP contribution in [0.5, 0.6) is 0 Å². The summed E-state index contributed by atoms with van der Waals surface area (Å²) in [4.78, 5) is 0. The van der Waals surface area contributed by atoms with Crippen LogP contribution in [0.3, 0.4) is 0 Å². The first-order valence-corrected chi connectivity index (χ1v) is 7.75. The van der Waals surface area contributed by atoms with Crippen LogP contribution >= 0.6 is 0 Å². The molecule has 0 radical (unpaired) electrons. The van der Waals surface area contributed by atoms with Crippen LogP contribution in [0.1, 0.15) is 0 Å². The fourth-order valence-corrected chi connectivity index (χ4v) is 3.38. The number of hydrogen-bond acceptors (Lipinski definition) is 9. The van der Waals surface area contributed by atoms with Crippen molar-refractivity contribution < 1.29 is 44.8 Å². The smallest absolute Gasteiger partial charge is 0.209 e. The van der Waals surface area contributed by atoms with E-state index in [1.54, 1.807) is 6.08 Å². The Hall–Kier alpha value is -1.04. The highest BCUT2D eigenvalue weighted by molar-refractivity contribution is 5.25. The van der Waals surface area contributed by atoms with Crippen molar-refractivity contribution in [1.29, 1.82) is 0 Å². The fourth-order valence-electron chi connectivity index (χ4n) is 3.38. The van der Waals surface area contributed by atoms with Crippen molar-refractivity contribution in [2.45, 2.75) is 43.1 Å². The first-order valence-electron chi connectivity index (χ1n) is 7.75. The van der Waals surface area contributed by atoms with Gasteiger partial charge in [0.15, 0.2) is 6.29 Å². The molecule has 0 saturated carbocycles. The van der Waals surface area contributed by atoms with Crippen LogP contribution < -0.4 is 0 Å². The van der Waals surface area contributed by atoms with Gasteiger partial charge in [-0.3, -0.25) is 0 Å². The van der Waals surface area contributed by atoms with E-state index in [0.29, 0.717) is 5.57 Å². The van der Waals surface area contributed by atoms with Crippen molar-refractivity contribution in [1.82, 2.24) is 0 Å². The summed E-state index contributed by atoms with van der Waals surface area (Å²) < 4.78 is 16.3. The Bertz CT molecular complexity index is 505. The van der Waals surface area contributed by atoms with E-state index < -0.39 is 55.6 Å². The zero-order chi connectivity index (χ0) is 17.4. The lowest BCUT2D eigenvalue weighted by Crippen LogP contribution is -2.60. The second-order valence-corrected chi connectivity index (χ2v) is 6.16. The maximum atomic E-state index is 10.0. The molecule has 1 aliphatic carbocycles. The molecule has 0 aromatic carbocycles. The highest BCUT2D eigenvalue weighted by atomic mass is 16.8. The van der Waals surface area contributed by atoms with Gasteiger partial charge in [-0.15, -0.1) is 0 Å². The standard InChI is InChI=1S/C15H22O9/c16-4-6-3-8(18)7-1-2-22-14(10(6)7)24-15-13(21)12(20)11(19)9(5-17)23-15/h1-3,7-21H,4-5H2/t7-,8-,9-,10+,11+,12+,13+,14+,15+/m0/s1. The Morgan fingerprint density at radius 2 is 1.75 bits per heavy atom. The molecule has 0 aromatic rings. The van der Waals surface area contributed by atoms with Crippen molar-refractivity contribution in [3.8, 4) is 0 Å². The maximum absolute atomic E-state index is 10.0. The van der Waals surface area contributed by atoms with Gasteiger partial charge >= 0.3 is 0 Å². The normalized spacial score (nSPS) is 47.9. The van der Waals surface area contributed by atoms with Gasteiger partial charge in [-0.1, -0.05) is 6.08 Å². The summed E-state index contributed by atoms with van der Waals surface area (Å²) in [5.41, 5.74) is 0.534. The van der Waals surface area contributed by atoms with Gasteiger partial charge < -0.3 is 44.8 Å². The average Bonchev–Trinajstić information content (AvgIpc) is 2.92. The van der Waals surface area contributed by atoms with Crippen molar-refractivity contribution in [3.63, 3.8) is 0 Å². The van der Waals surface area contributed by atoms with Gasteiger partial charge in [-0.25, -0.2) is 0 Å². The van der Waals surface area contributed by atoms with Crippen LogP contribution in [0, 0.1) is 11.8 Å². The number of aliphatic hydroxyl groups excluding tert-OH is 6. The van der Waals surface area contributed by atoms with Gasteiger partial charge in [-0.05, 0) is 11.6 Å². The zero-order valence-electron chi connectivity index (χ0n) is 12.8. The lowest BCUT2D eigenvalue weighted by atomic mass is 9.88. The Morgan fingerprint density at radius 1 is 1.00 bits per heavy atom. The molecule has 0 amide bonds. The molecule has 1 fully saturated rings. The Morgan fingerprint density at radius 3 is 2.42 bits per heavy atom. The van der Waals surface area contributed by atoms with Crippen LogP contribution in [0.15, 0.2) is 24.0 Å². The minimum absolute atomic E-state index is 0.288. The molecule has 9 nitrogen and oxygen atoms in total. The molecule has 1 saturated heterocycles. The molecule has 136 valence electrons. The second-order valence-electron chi connectivity index (χ2n) is 6.16. The van der Waals surface area contributed by atoms with Crippen LogP contribution in [-0.4, -0.2) is 87.0 Å². The number of ether oxygens (including phenoxy) is 3. The quantitative estimate of drug-likeness (QED) is 0.297. The van der Waals surface area contributed by atoms with E-state index in [9.17, 15) is 30.6 Å². The summed E-state index contributed by atoms with van der Waals surface area (Å²) >= 11 is 0. The van der Waals surface area contributed by atoms with Crippen molar-refractivity contribution in [2.24, 2.45) is 11.8 Å². The summed E-state index contributed by atoms with van der Waals surface area (Å²) in [6.07, 6.45) is -4.27. The molecule has 0 spiro atoms. The van der Waals surface area contributed by atoms with Crippen LogP contribution in [-0.2, 0) is 14.2 Å². The van der Waals surface area contributed by atoms with Gasteiger partial charge in [0.25, 0.3) is 0 Å². The SMILES string of the molecule is OCC1=C[C@H](O)[C@@H]2C=CO[C@H](O[C@H]3O[C@@H](CO)[C@@H](O)[C@@H](O)[C@H]3O)[C@H]12. The van der Waals surface area contributed by atoms with E-state index in [4.69, 9.17) is 14.2 Å². The fraction of sp³-hybridized carbons (Fsp3) is 0.733. The van der Waals surface area contributed by atoms with Gasteiger partial charge in [0.05, 0.1) is 31.5 Å². The number of hydrogen-bond donors (Lipinski definition) is 6.